The minimum absolute atomic E-state index is 0. The molecule has 1 aromatic carbocycles. The number of hydrogen-bond donors (Lipinski definition) is 2. The van der Waals surface area contributed by atoms with E-state index in [1.165, 1.54) is 37.7 Å². The number of benzene rings is 1. The van der Waals surface area contributed by atoms with E-state index in [9.17, 15) is 0 Å². The van der Waals surface area contributed by atoms with Crippen LogP contribution in [0.25, 0.3) is 0 Å². The first-order valence-corrected chi connectivity index (χ1v) is 8.40. The van der Waals surface area contributed by atoms with Crippen molar-refractivity contribution in [3.8, 4) is 0 Å². The van der Waals surface area contributed by atoms with Gasteiger partial charge in [0.15, 0.2) is 0 Å². The molecule has 2 aliphatic rings. The summed E-state index contributed by atoms with van der Waals surface area (Å²) in [5, 5.41) is 8.04. The highest BCUT2D eigenvalue weighted by molar-refractivity contribution is 6.30. The average molecular weight is 366 g/mol. The maximum atomic E-state index is 6.21. The zero-order valence-electron chi connectivity index (χ0n) is 12.9. The lowest BCUT2D eigenvalue weighted by Crippen LogP contribution is -2.49. The summed E-state index contributed by atoms with van der Waals surface area (Å²) in [6.07, 6.45) is 6.81. The van der Waals surface area contributed by atoms with Crippen LogP contribution in [0.4, 0.5) is 0 Å². The molecule has 1 aliphatic carbocycles. The molecular formula is C17H27Cl3N2. The molecular weight excluding hydrogens is 339 g/mol. The van der Waals surface area contributed by atoms with Gasteiger partial charge in [0.05, 0.1) is 0 Å². The van der Waals surface area contributed by atoms with Crippen molar-refractivity contribution in [1.29, 1.82) is 0 Å². The van der Waals surface area contributed by atoms with Crippen molar-refractivity contribution in [2.24, 2.45) is 5.92 Å². The lowest BCUT2D eigenvalue weighted by molar-refractivity contribution is 0.325. The second-order valence-corrected chi connectivity index (χ2v) is 6.73. The summed E-state index contributed by atoms with van der Waals surface area (Å²) in [5.74, 6) is 1.51. The summed E-state index contributed by atoms with van der Waals surface area (Å²) in [6, 6.07) is 9.14. The van der Waals surface area contributed by atoms with E-state index in [1.54, 1.807) is 0 Å². The van der Waals surface area contributed by atoms with Crippen LogP contribution >= 0.6 is 36.4 Å². The summed E-state index contributed by atoms with van der Waals surface area (Å²) >= 11 is 6.21. The lowest BCUT2D eigenvalue weighted by atomic mass is 9.80. The highest BCUT2D eigenvalue weighted by Gasteiger charge is 2.29. The van der Waals surface area contributed by atoms with Gasteiger partial charge in [0, 0.05) is 30.7 Å². The van der Waals surface area contributed by atoms with Gasteiger partial charge in [-0.05, 0) is 48.8 Å². The summed E-state index contributed by atoms with van der Waals surface area (Å²) in [4.78, 5) is 0. The number of rotatable bonds is 4. The van der Waals surface area contributed by atoms with Crippen molar-refractivity contribution in [2.75, 3.05) is 19.6 Å². The molecule has 2 atom stereocenters. The molecule has 2 nitrogen and oxygen atoms in total. The van der Waals surface area contributed by atoms with Gasteiger partial charge >= 0.3 is 0 Å². The van der Waals surface area contributed by atoms with Crippen molar-refractivity contribution in [2.45, 2.75) is 44.1 Å². The minimum atomic E-state index is 0. The highest BCUT2D eigenvalue weighted by atomic mass is 35.5. The summed E-state index contributed by atoms with van der Waals surface area (Å²) in [7, 11) is 0. The van der Waals surface area contributed by atoms with Crippen molar-refractivity contribution >= 4 is 36.4 Å². The molecule has 2 unspecified atom stereocenters. The fourth-order valence-corrected chi connectivity index (χ4v) is 4.08. The first-order chi connectivity index (χ1) is 9.83. The van der Waals surface area contributed by atoms with Crippen LogP contribution in [0, 0.1) is 5.92 Å². The Morgan fingerprint density at radius 1 is 1.14 bits per heavy atom. The van der Waals surface area contributed by atoms with E-state index in [2.05, 4.69) is 28.8 Å². The molecule has 2 N–H and O–H groups in total. The molecule has 2 fully saturated rings. The van der Waals surface area contributed by atoms with Crippen LogP contribution in [0.1, 0.15) is 43.6 Å². The van der Waals surface area contributed by atoms with Gasteiger partial charge in [0.1, 0.15) is 0 Å². The van der Waals surface area contributed by atoms with Gasteiger partial charge in [-0.25, -0.2) is 0 Å². The Hall–Kier alpha value is 0.01000. The zero-order valence-corrected chi connectivity index (χ0v) is 15.3. The van der Waals surface area contributed by atoms with E-state index in [0.29, 0.717) is 12.0 Å². The van der Waals surface area contributed by atoms with Crippen LogP contribution < -0.4 is 10.6 Å². The molecule has 22 heavy (non-hydrogen) atoms. The van der Waals surface area contributed by atoms with Gasteiger partial charge in [-0.1, -0.05) is 36.6 Å². The normalized spacial score (nSPS) is 23.4. The maximum Gasteiger partial charge on any atom is 0.0408 e. The average Bonchev–Trinajstić information content (AvgIpc) is 3.00. The molecule has 1 saturated heterocycles. The van der Waals surface area contributed by atoms with Crippen LogP contribution in [0.5, 0.6) is 0 Å². The van der Waals surface area contributed by atoms with Crippen molar-refractivity contribution in [3.63, 3.8) is 0 Å². The predicted molar refractivity (Wildman–Crippen MR) is 99.9 cm³/mol. The van der Waals surface area contributed by atoms with Gasteiger partial charge in [0.25, 0.3) is 0 Å². The summed E-state index contributed by atoms with van der Waals surface area (Å²) in [5.41, 5.74) is 1.44. The van der Waals surface area contributed by atoms with Crippen molar-refractivity contribution in [1.82, 2.24) is 10.6 Å². The molecule has 1 aromatic rings. The zero-order chi connectivity index (χ0) is 13.8. The Morgan fingerprint density at radius 2 is 1.91 bits per heavy atom. The molecule has 3 rings (SSSR count). The topological polar surface area (TPSA) is 24.1 Å². The molecule has 0 bridgehead atoms. The molecule has 126 valence electrons. The van der Waals surface area contributed by atoms with E-state index in [0.717, 1.165) is 30.6 Å². The maximum absolute atomic E-state index is 6.21. The van der Waals surface area contributed by atoms with E-state index in [4.69, 9.17) is 11.6 Å². The molecule has 1 heterocycles. The van der Waals surface area contributed by atoms with E-state index < -0.39 is 0 Å². The Kier molecular flexibility index (Phi) is 9.11. The highest BCUT2D eigenvalue weighted by Crippen LogP contribution is 2.40. The third-order valence-electron chi connectivity index (χ3n) is 4.91. The molecule has 1 saturated carbocycles. The fourth-order valence-electron chi connectivity index (χ4n) is 3.88. The third kappa shape index (κ3) is 5.28. The van der Waals surface area contributed by atoms with Gasteiger partial charge in [-0.15, -0.1) is 24.8 Å². The van der Waals surface area contributed by atoms with E-state index in [-0.39, 0.29) is 24.8 Å². The van der Waals surface area contributed by atoms with Crippen molar-refractivity contribution < 1.29 is 0 Å². The second kappa shape index (κ2) is 10.00. The Bertz CT molecular complexity index is 430. The van der Waals surface area contributed by atoms with Gasteiger partial charge in [-0.3, -0.25) is 0 Å². The van der Waals surface area contributed by atoms with Gasteiger partial charge < -0.3 is 10.6 Å². The smallest absolute Gasteiger partial charge is 0.0408 e. The quantitative estimate of drug-likeness (QED) is 0.826. The second-order valence-electron chi connectivity index (χ2n) is 6.30. The molecule has 1 aliphatic heterocycles. The van der Waals surface area contributed by atoms with Crippen LogP contribution in [-0.4, -0.2) is 25.7 Å². The molecule has 0 aromatic heterocycles. The van der Waals surface area contributed by atoms with Crippen LogP contribution in [0.15, 0.2) is 24.3 Å². The first-order valence-electron chi connectivity index (χ1n) is 8.02. The monoisotopic (exact) mass is 364 g/mol. The third-order valence-corrected chi connectivity index (χ3v) is 5.14. The van der Waals surface area contributed by atoms with Crippen molar-refractivity contribution in [3.05, 3.63) is 34.9 Å². The first kappa shape index (κ1) is 20.1. The predicted octanol–water partition coefficient (Wildman–Crippen LogP) is 4.41. The lowest BCUT2D eigenvalue weighted by Gasteiger charge is -2.31. The fraction of sp³-hybridized carbons (Fsp3) is 0.647. The summed E-state index contributed by atoms with van der Waals surface area (Å²) < 4.78 is 0. The minimum Gasteiger partial charge on any atom is -0.314 e. The summed E-state index contributed by atoms with van der Waals surface area (Å²) in [6.45, 7) is 3.29. The van der Waals surface area contributed by atoms with Crippen LogP contribution in [-0.2, 0) is 0 Å². The number of piperazine rings is 1. The molecule has 0 radical (unpaired) electrons. The molecule has 5 heteroatoms. The SMILES string of the molecule is Cl.Cl.Clc1cccc(C(CC2CNCCN2)C2CCCC2)c1. The van der Waals surface area contributed by atoms with Gasteiger partial charge in [0.2, 0.25) is 0 Å². The van der Waals surface area contributed by atoms with Crippen LogP contribution in [0.2, 0.25) is 5.02 Å². The van der Waals surface area contributed by atoms with E-state index in [1.807, 2.05) is 6.07 Å². The standard InChI is InChI=1S/C17H25ClN2.2ClH/c18-15-7-3-6-14(10-15)17(13-4-1-2-5-13)11-16-12-19-8-9-20-16;;/h3,6-7,10,13,16-17,19-20H,1-2,4-5,8-9,11-12H2;2*1H. The molecule has 0 spiro atoms. The van der Waals surface area contributed by atoms with Gasteiger partial charge in [-0.2, -0.15) is 0 Å². The number of nitrogens with one attached hydrogen (secondary N) is 2. The Balaban J connectivity index is 0.00000121. The Morgan fingerprint density at radius 3 is 2.55 bits per heavy atom. The Labute approximate surface area is 151 Å². The number of halogens is 3. The largest absolute Gasteiger partial charge is 0.314 e. The van der Waals surface area contributed by atoms with E-state index >= 15 is 0 Å². The number of hydrogen-bond acceptors (Lipinski definition) is 2. The molecule has 0 amide bonds. The van der Waals surface area contributed by atoms with Crippen LogP contribution in [0.3, 0.4) is 0 Å².